The molecule has 0 unspecified atom stereocenters. The fourth-order valence-electron chi connectivity index (χ4n) is 3.81. The van der Waals surface area contributed by atoms with Crippen LogP contribution in [-0.4, -0.2) is 43.3 Å². The fourth-order valence-corrected chi connectivity index (χ4v) is 4.17. The predicted octanol–water partition coefficient (Wildman–Crippen LogP) is 4.82. The van der Waals surface area contributed by atoms with E-state index in [-0.39, 0.29) is 24.3 Å². The van der Waals surface area contributed by atoms with E-state index in [9.17, 15) is 14.4 Å². The van der Waals surface area contributed by atoms with Gasteiger partial charge in [0.25, 0.3) is 5.91 Å². The molecule has 1 heterocycles. The van der Waals surface area contributed by atoms with Gasteiger partial charge in [-0.15, -0.1) is 0 Å². The molecule has 2 N–H and O–H groups in total. The Balaban J connectivity index is 1.71. The van der Waals surface area contributed by atoms with E-state index >= 15 is 0 Å². The highest BCUT2D eigenvalue weighted by molar-refractivity contribution is 9.10. The van der Waals surface area contributed by atoms with Gasteiger partial charge in [-0.1, -0.05) is 52.3 Å². The first-order valence-corrected chi connectivity index (χ1v) is 11.8. The molecule has 0 saturated carbocycles. The first-order chi connectivity index (χ1) is 16.7. The van der Waals surface area contributed by atoms with Gasteiger partial charge in [-0.05, 0) is 42.0 Å². The Morgan fingerprint density at radius 3 is 2.29 bits per heavy atom. The van der Waals surface area contributed by atoms with Crippen molar-refractivity contribution >= 4 is 62.0 Å². The summed E-state index contributed by atoms with van der Waals surface area (Å²) < 4.78 is 0.880. The Morgan fingerprint density at radius 1 is 0.971 bits per heavy atom. The minimum atomic E-state index is -0.224. The van der Waals surface area contributed by atoms with Crippen LogP contribution in [0.2, 0.25) is 0 Å². The van der Waals surface area contributed by atoms with Gasteiger partial charge >= 0.3 is 0 Å². The lowest BCUT2D eigenvalue weighted by Gasteiger charge is -2.23. The maximum absolute atomic E-state index is 13.0. The van der Waals surface area contributed by atoms with Crippen LogP contribution in [0.5, 0.6) is 0 Å². The zero-order valence-electron chi connectivity index (χ0n) is 19.6. The Labute approximate surface area is 212 Å². The van der Waals surface area contributed by atoms with Crippen molar-refractivity contribution in [3.63, 3.8) is 0 Å². The molecule has 1 aliphatic heterocycles. The topological polar surface area (TPSA) is 81.8 Å². The highest BCUT2D eigenvalue weighted by atomic mass is 79.9. The van der Waals surface area contributed by atoms with E-state index in [4.69, 9.17) is 0 Å². The number of carbonyl (C=O) groups excluding carboxylic acids is 3. The molecule has 0 radical (unpaired) electrons. The number of benzene rings is 3. The summed E-state index contributed by atoms with van der Waals surface area (Å²) in [6, 6.07) is 22.5. The summed E-state index contributed by atoms with van der Waals surface area (Å²) in [4.78, 5) is 40.3. The quantitative estimate of drug-likeness (QED) is 0.446. The summed E-state index contributed by atoms with van der Waals surface area (Å²) in [6.45, 7) is 1.39. The number of carbonyl (C=O) groups is 3. The molecule has 0 fully saturated rings. The molecule has 3 aromatic carbocycles. The standard InChI is InChI=1S/C27H25BrN4O3/c1-17(33)32(16-24(34)31(2)3)21-12-10-20(11-13-21)29-26(18-7-5-4-6-8-18)25-22-14-9-19(28)15-23(22)30-27(25)35/h4-15,29H,16H2,1-3H3,(H,30,35)/b26-25-. The van der Waals surface area contributed by atoms with Gasteiger partial charge in [0.1, 0.15) is 6.54 Å². The van der Waals surface area contributed by atoms with Crippen LogP contribution in [0.3, 0.4) is 0 Å². The van der Waals surface area contributed by atoms with Crippen LogP contribution in [0.15, 0.2) is 77.3 Å². The number of hydrogen-bond donors (Lipinski definition) is 2. The number of nitrogens with zero attached hydrogens (tertiary/aromatic N) is 2. The molecule has 3 amide bonds. The van der Waals surface area contributed by atoms with Crippen LogP contribution >= 0.6 is 15.9 Å². The lowest BCUT2D eigenvalue weighted by Crippen LogP contribution is -2.39. The Hall–Kier alpha value is -3.91. The van der Waals surface area contributed by atoms with Crippen molar-refractivity contribution in [3.05, 3.63) is 88.4 Å². The van der Waals surface area contributed by atoms with Crippen molar-refractivity contribution in [2.45, 2.75) is 6.92 Å². The number of fused-ring (bicyclic) bond motifs is 1. The third-order valence-corrected chi connectivity index (χ3v) is 6.15. The van der Waals surface area contributed by atoms with Gasteiger partial charge in [0.2, 0.25) is 11.8 Å². The molecule has 0 spiro atoms. The fraction of sp³-hybridized carbons (Fsp3) is 0.148. The average Bonchev–Trinajstić information content (AvgIpc) is 3.16. The van der Waals surface area contributed by atoms with Gasteiger partial charge < -0.3 is 20.4 Å². The normalized spacial score (nSPS) is 13.5. The maximum atomic E-state index is 13.0. The second kappa shape index (κ2) is 10.1. The van der Waals surface area contributed by atoms with Crippen LogP contribution in [0.1, 0.15) is 18.1 Å². The van der Waals surface area contributed by atoms with Crippen LogP contribution in [0.25, 0.3) is 11.3 Å². The third-order valence-electron chi connectivity index (χ3n) is 5.66. The van der Waals surface area contributed by atoms with Gasteiger partial charge in [0, 0.05) is 42.4 Å². The third kappa shape index (κ3) is 5.27. The number of hydrogen-bond acceptors (Lipinski definition) is 4. The zero-order chi connectivity index (χ0) is 25.1. The lowest BCUT2D eigenvalue weighted by molar-refractivity contribution is -0.129. The molecule has 0 atom stereocenters. The van der Waals surface area contributed by atoms with E-state index in [1.165, 1.54) is 16.7 Å². The Morgan fingerprint density at radius 2 is 1.66 bits per heavy atom. The van der Waals surface area contributed by atoms with Crippen molar-refractivity contribution in [3.8, 4) is 0 Å². The van der Waals surface area contributed by atoms with Gasteiger partial charge in [0.15, 0.2) is 0 Å². The monoisotopic (exact) mass is 532 g/mol. The SMILES string of the molecule is CC(=O)N(CC(=O)N(C)C)c1ccc(N/C(=C2\C(=O)Nc3cc(Br)ccc32)c2ccccc2)cc1. The van der Waals surface area contributed by atoms with Crippen molar-refractivity contribution in [1.29, 1.82) is 0 Å². The minimum absolute atomic E-state index is 0.0407. The second-order valence-corrected chi connectivity index (χ2v) is 9.24. The Kier molecular flexibility index (Phi) is 7.02. The molecular formula is C27H25BrN4O3. The maximum Gasteiger partial charge on any atom is 0.258 e. The molecule has 4 rings (SSSR count). The molecule has 0 aromatic heterocycles. The molecule has 35 heavy (non-hydrogen) atoms. The van der Waals surface area contributed by atoms with E-state index in [2.05, 4.69) is 26.6 Å². The van der Waals surface area contributed by atoms with E-state index in [0.29, 0.717) is 17.0 Å². The minimum Gasteiger partial charge on any atom is -0.354 e. The highest BCUT2D eigenvalue weighted by Gasteiger charge is 2.28. The van der Waals surface area contributed by atoms with Gasteiger partial charge in [-0.25, -0.2) is 0 Å². The first kappa shape index (κ1) is 24.2. The number of nitrogens with one attached hydrogen (secondary N) is 2. The molecule has 8 heteroatoms. The largest absolute Gasteiger partial charge is 0.354 e. The van der Waals surface area contributed by atoms with Gasteiger partial charge in [-0.2, -0.15) is 0 Å². The van der Waals surface area contributed by atoms with Gasteiger partial charge in [-0.3, -0.25) is 14.4 Å². The summed E-state index contributed by atoms with van der Waals surface area (Å²) in [5.41, 5.74) is 4.98. The summed E-state index contributed by atoms with van der Waals surface area (Å²) in [7, 11) is 3.31. The Bertz CT molecular complexity index is 1320. The van der Waals surface area contributed by atoms with Crippen molar-refractivity contribution in [2.75, 3.05) is 36.2 Å². The molecule has 0 aliphatic carbocycles. The second-order valence-electron chi connectivity index (χ2n) is 8.33. The average molecular weight is 533 g/mol. The summed E-state index contributed by atoms with van der Waals surface area (Å²) in [5, 5.41) is 6.35. The summed E-state index contributed by atoms with van der Waals surface area (Å²) in [5.74, 6) is -0.583. The van der Waals surface area contributed by atoms with Crippen molar-refractivity contribution in [1.82, 2.24) is 4.90 Å². The van der Waals surface area contributed by atoms with E-state index in [1.54, 1.807) is 26.2 Å². The van der Waals surface area contributed by atoms with Crippen LogP contribution in [0.4, 0.5) is 17.1 Å². The number of halogens is 1. The van der Waals surface area contributed by atoms with Crippen LogP contribution < -0.4 is 15.5 Å². The smallest absolute Gasteiger partial charge is 0.258 e. The number of amides is 3. The summed E-state index contributed by atoms with van der Waals surface area (Å²) in [6.07, 6.45) is 0. The molecular weight excluding hydrogens is 508 g/mol. The number of anilines is 3. The molecule has 3 aromatic rings. The van der Waals surface area contributed by atoms with Gasteiger partial charge in [0.05, 0.1) is 17.0 Å². The number of rotatable bonds is 6. The van der Waals surface area contributed by atoms with Crippen LogP contribution in [-0.2, 0) is 14.4 Å². The summed E-state index contributed by atoms with van der Waals surface area (Å²) >= 11 is 3.46. The van der Waals surface area contributed by atoms with Crippen molar-refractivity contribution in [2.24, 2.45) is 0 Å². The zero-order valence-corrected chi connectivity index (χ0v) is 21.2. The highest BCUT2D eigenvalue weighted by Crippen LogP contribution is 2.38. The molecule has 7 nitrogen and oxygen atoms in total. The molecule has 0 bridgehead atoms. The predicted molar refractivity (Wildman–Crippen MR) is 143 cm³/mol. The van der Waals surface area contributed by atoms with E-state index < -0.39 is 0 Å². The molecule has 1 aliphatic rings. The molecule has 0 saturated heterocycles. The van der Waals surface area contributed by atoms with Crippen molar-refractivity contribution < 1.29 is 14.4 Å². The molecule has 178 valence electrons. The van der Waals surface area contributed by atoms with E-state index in [1.807, 2.05) is 60.7 Å². The number of likely N-dealkylation sites (N-methyl/N-ethyl adjacent to an activating group) is 1. The lowest BCUT2D eigenvalue weighted by atomic mass is 10.00. The first-order valence-electron chi connectivity index (χ1n) is 11.0. The van der Waals surface area contributed by atoms with Crippen LogP contribution in [0, 0.1) is 0 Å². The van der Waals surface area contributed by atoms with E-state index in [0.717, 1.165) is 27.0 Å².